The van der Waals surface area contributed by atoms with E-state index in [4.69, 9.17) is 0 Å². The van der Waals surface area contributed by atoms with Crippen molar-refractivity contribution in [3.05, 3.63) is 81.7 Å². The van der Waals surface area contributed by atoms with Gasteiger partial charge < -0.3 is 10.2 Å². The van der Waals surface area contributed by atoms with E-state index in [0.717, 1.165) is 88.1 Å². The van der Waals surface area contributed by atoms with Crippen LogP contribution in [0.15, 0.2) is 59.5 Å². The Morgan fingerprint density at radius 3 is 2.17 bits per heavy atom. The average Bonchev–Trinajstić information content (AvgIpc) is 3.39. The normalized spacial score (nSPS) is 18.4. The summed E-state index contributed by atoms with van der Waals surface area (Å²) in [5, 5.41) is 3.63. The van der Waals surface area contributed by atoms with Crippen LogP contribution >= 0.6 is 11.3 Å². The van der Waals surface area contributed by atoms with Gasteiger partial charge in [-0.3, -0.25) is 14.5 Å². The van der Waals surface area contributed by atoms with Crippen molar-refractivity contribution in [1.82, 2.24) is 14.1 Å². The quantitative estimate of drug-likeness (QED) is 0.391. The van der Waals surface area contributed by atoms with Crippen LogP contribution in [-0.2, 0) is 29.5 Å². The third-order valence-electron chi connectivity index (χ3n) is 8.54. The number of fused-ring (bicyclic) bond motifs is 1. The average molecular weight is 607 g/mol. The molecular formula is C32H38N4O4S2. The lowest BCUT2D eigenvalue weighted by Gasteiger charge is -2.29. The summed E-state index contributed by atoms with van der Waals surface area (Å²) in [6.45, 7) is 4.96. The first-order chi connectivity index (χ1) is 20.4. The van der Waals surface area contributed by atoms with Gasteiger partial charge in [-0.05, 0) is 73.9 Å². The Kier molecular flexibility index (Phi) is 8.76. The fourth-order valence-corrected chi connectivity index (χ4v) is 9.00. The summed E-state index contributed by atoms with van der Waals surface area (Å²) in [4.78, 5) is 32.9. The van der Waals surface area contributed by atoms with E-state index in [9.17, 15) is 18.0 Å². The van der Waals surface area contributed by atoms with Crippen LogP contribution < -0.4 is 5.32 Å². The number of carbonyl (C=O) groups is 2. The summed E-state index contributed by atoms with van der Waals surface area (Å²) in [7, 11) is -3.58. The topological polar surface area (TPSA) is 90.0 Å². The second-order valence-corrected chi connectivity index (χ2v) is 14.5. The summed E-state index contributed by atoms with van der Waals surface area (Å²) in [6.07, 6.45) is 6.67. The molecule has 0 unspecified atom stereocenters. The number of carbonyl (C=O) groups excluding carboxylic acids is 2. The molecule has 4 heterocycles. The van der Waals surface area contributed by atoms with E-state index in [1.54, 1.807) is 12.1 Å². The summed E-state index contributed by atoms with van der Waals surface area (Å²) in [5.74, 6) is -0.341. The largest absolute Gasteiger partial charge is 0.339 e. The molecule has 0 aliphatic carbocycles. The Morgan fingerprint density at radius 2 is 1.48 bits per heavy atom. The number of thiophene rings is 1. The molecule has 0 saturated carbocycles. The minimum absolute atomic E-state index is 0.00184. The lowest BCUT2D eigenvalue weighted by atomic mass is 10.00. The van der Waals surface area contributed by atoms with E-state index in [0.29, 0.717) is 29.2 Å². The molecule has 8 nitrogen and oxygen atoms in total. The smallest absolute Gasteiger partial charge is 0.257 e. The second-order valence-electron chi connectivity index (χ2n) is 11.5. The molecule has 42 heavy (non-hydrogen) atoms. The molecule has 10 heteroatoms. The van der Waals surface area contributed by atoms with Crippen molar-refractivity contribution in [3.8, 4) is 0 Å². The number of piperidine rings is 2. The highest BCUT2D eigenvalue weighted by atomic mass is 32.2. The van der Waals surface area contributed by atoms with Crippen molar-refractivity contribution in [2.75, 3.05) is 38.0 Å². The van der Waals surface area contributed by atoms with Gasteiger partial charge in [0.15, 0.2) is 0 Å². The number of benzene rings is 2. The Balaban J connectivity index is 1.23. The number of hydrogen-bond donors (Lipinski definition) is 1. The Morgan fingerprint density at radius 1 is 0.810 bits per heavy atom. The van der Waals surface area contributed by atoms with E-state index in [1.807, 2.05) is 11.0 Å². The fraction of sp³-hybridized carbons (Fsp3) is 0.438. The first-order valence-electron chi connectivity index (χ1n) is 15.0. The van der Waals surface area contributed by atoms with Gasteiger partial charge in [0.2, 0.25) is 10.0 Å². The molecule has 0 atom stereocenters. The monoisotopic (exact) mass is 606 g/mol. The zero-order valence-corrected chi connectivity index (χ0v) is 25.5. The van der Waals surface area contributed by atoms with Crippen LogP contribution in [0, 0.1) is 0 Å². The van der Waals surface area contributed by atoms with Gasteiger partial charge in [-0.2, -0.15) is 4.31 Å². The maximum Gasteiger partial charge on any atom is 0.257 e. The second kappa shape index (κ2) is 12.7. The molecule has 1 N–H and O–H groups in total. The van der Waals surface area contributed by atoms with E-state index in [1.165, 1.54) is 33.3 Å². The summed E-state index contributed by atoms with van der Waals surface area (Å²) >= 11 is 1.49. The van der Waals surface area contributed by atoms with Crippen LogP contribution in [0.4, 0.5) is 5.00 Å². The van der Waals surface area contributed by atoms with E-state index in [2.05, 4.69) is 34.5 Å². The highest BCUT2D eigenvalue weighted by Gasteiger charge is 2.32. The summed E-state index contributed by atoms with van der Waals surface area (Å²) < 4.78 is 27.7. The standard InChI is InChI=1S/C32H38N4O4S2/c37-30(25-12-14-26(15-13-25)42(39,40)36-19-8-3-9-20-36)33-31-29(32(38)35-17-6-2-7-18-35)27-16-21-34(23-28(27)41-31)22-24-10-4-1-5-11-24/h1,4-5,10-15H,2-3,6-9,16-23H2,(H,33,37). The van der Waals surface area contributed by atoms with Gasteiger partial charge in [0.1, 0.15) is 5.00 Å². The minimum Gasteiger partial charge on any atom is -0.339 e. The number of hydrogen-bond acceptors (Lipinski definition) is 6. The van der Waals surface area contributed by atoms with Crippen molar-refractivity contribution < 1.29 is 18.0 Å². The Labute approximate surface area is 252 Å². The van der Waals surface area contributed by atoms with Gasteiger partial charge in [-0.1, -0.05) is 36.8 Å². The minimum atomic E-state index is -3.58. The van der Waals surface area contributed by atoms with Crippen molar-refractivity contribution >= 4 is 38.2 Å². The Hall–Kier alpha value is -3.05. The third-order valence-corrected chi connectivity index (χ3v) is 11.6. The van der Waals surface area contributed by atoms with Crippen molar-refractivity contribution in [1.29, 1.82) is 0 Å². The fourth-order valence-electron chi connectivity index (χ4n) is 6.21. The number of rotatable bonds is 7. The van der Waals surface area contributed by atoms with Crippen LogP contribution in [0.25, 0.3) is 0 Å². The molecule has 2 fully saturated rings. The van der Waals surface area contributed by atoms with Crippen LogP contribution in [0.5, 0.6) is 0 Å². The summed E-state index contributed by atoms with van der Waals surface area (Å²) in [6, 6.07) is 16.5. The van der Waals surface area contributed by atoms with Gasteiger partial charge in [-0.15, -0.1) is 11.3 Å². The van der Waals surface area contributed by atoms with Crippen molar-refractivity contribution in [2.45, 2.75) is 62.9 Å². The number of sulfonamides is 1. The third kappa shape index (κ3) is 6.17. The number of amides is 2. The number of likely N-dealkylation sites (tertiary alicyclic amines) is 1. The van der Waals surface area contributed by atoms with E-state index in [-0.39, 0.29) is 16.7 Å². The lowest BCUT2D eigenvalue weighted by molar-refractivity contribution is 0.0724. The first-order valence-corrected chi connectivity index (χ1v) is 17.3. The molecule has 222 valence electrons. The van der Waals surface area contributed by atoms with Gasteiger partial charge >= 0.3 is 0 Å². The zero-order valence-electron chi connectivity index (χ0n) is 23.9. The van der Waals surface area contributed by atoms with Gasteiger partial charge in [0.05, 0.1) is 10.5 Å². The number of anilines is 1. The number of nitrogens with one attached hydrogen (secondary N) is 1. The van der Waals surface area contributed by atoms with Crippen LogP contribution in [0.1, 0.15) is 75.2 Å². The molecular weight excluding hydrogens is 569 g/mol. The van der Waals surface area contributed by atoms with E-state index >= 15 is 0 Å². The molecule has 0 spiro atoms. The lowest BCUT2D eigenvalue weighted by Crippen LogP contribution is -2.37. The number of nitrogens with zero attached hydrogens (tertiary/aromatic N) is 3. The molecule has 2 amide bonds. The molecule has 3 aliphatic rings. The van der Waals surface area contributed by atoms with Gasteiger partial charge in [0, 0.05) is 56.3 Å². The maximum absolute atomic E-state index is 13.8. The predicted octanol–water partition coefficient (Wildman–Crippen LogP) is 5.36. The molecule has 1 aromatic heterocycles. The van der Waals surface area contributed by atoms with Crippen molar-refractivity contribution in [2.24, 2.45) is 0 Å². The zero-order chi connectivity index (χ0) is 29.1. The van der Waals surface area contributed by atoms with Gasteiger partial charge in [-0.25, -0.2) is 8.42 Å². The highest BCUT2D eigenvalue weighted by molar-refractivity contribution is 7.89. The first kappa shape index (κ1) is 29.0. The molecule has 3 aliphatic heterocycles. The van der Waals surface area contributed by atoms with Crippen LogP contribution in [-0.4, -0.2) is 67.1 Å². The van der Waals surface area contributed by atoms with Crippen LogP contribution in [0.3, 0.4) is 0 Å². The molecule has 6 rings (SSSR count). The maximum atomic E-state index is 13.8. The van der Waals surface area contributed by atoms with E-state index < -0.39 is 10.0 Å². The van der Waals surface area contributed by atoms with Gasteiger partial charge in [0.25, 0.3) is 11.8 Å². The molecule has 0 radical (unpaired) electrons. The summed E-state index contributed by atoms with van der Waals surface area (Å²) in [5.41, 5.74) is 3.30. The molecule has 2 saturated heterocycles. The van der Waals surface area contributed by atoms with Crippen LogP contribution in [0.2, 0.25) is 0 Å². The predicted molar refractivity (Wildman–Crippen MR) is 165 cm³/mol. The molecule has 2 aromatic carbocycles. The molecule has 0 bridgehead atoms. The Bertz CT molecular complexity index is 1520. The molecule has 3 aromatic rings. The van der Waals surface area contributed by atoms with Crippen molar-refractivity contribution in [3.63, 3.8) is 0 Å². The SMILES string of the molecule is O=C(Nc1sc2c(c1C(=O)N1CCCCC1)CCN(Cc1ccccc1)C2)c1ccc(S(=O)(=O)N2CCCCC2)cc1. The highest BCUT2D eigenvalue weighted by Crippen LogP contribution is 2.39.